The summed E-state index contributed by atoms with van der Waals surface area (Å²) in [4.78, 5) is 12.5. The van der Waals surface area contributed by atoms with Gasteiger partial charge in [0.1, 0.15) is 28.4 Å². The molecule has 162 valence electrons. The summed E-state index contributed by atoms with van der Waals surface area (Å²) < 4.78 is 32.6. The van der Waals surface area contributed by atoms with Gasteiger partial charge in [-0.3, -0.25) is 9.36 Å². The van der Waals surface area contributed by atoms with Crippen LogP contribution in [0, 0.1) is 16.3 Å². The van der Waals surface area contributed by atoms with Gasteiger partial charge in [-0.05, 0) is 77.9 Å². The van der Waals surface area contributed by atoms with Crippen molar-refractivity contribution in [3.05, 3.63) is 79.4 Å². The second kappa shape index (κ2) is 8.62. The van der Waals surface area contributed by atoms with Crippen molar-refractivity contribution in [3.8, 4) is 5.75 Å². The zero-order valence-corrected chi connectivity index (χ0v) is 19.8. The van der Waals surface area contributed by atoms with Crippen LogP contribution in [0.2, 0.25) is 0 Å². The molecular formula is C22H21FIN3O3S. The highest BCUT2D eigenvalue weighted by Crippen LogP contribution is 2.45. The van der Waals surface area contributed by atoms with Gasteiger partial charge in [0.05, 0.1) is 16.6 Å². The fourth-order valence-electron chi connectivity index (χ4n) is 3.54. The predicted molar refractivity (Wildman–Crippen MR) is 130 cm³/mol. The van der Waals surface area contributed by atoms with Crippen LogP contribution in [0.3, 0.4) is 0 Å². The molecule has 3 N–H and O–H groups in total. The van der Waals surface area contributed by atoms with Gasteiger partial charge in [-0.1, -0.05) is 12.1 Å². The quantitative estimate of drug-likeness (QED) is 0.393. The zero-order valence-electron chi connectivity index (χ0n) is 16.9. The van der Waals surface area contributed by atoms with E-state index in [1.807, 2.05) is 28.7 Å². The van der Waals surface area contributed by atoms with E-state index in [0.29, 0.717) is 17.1 Å². The highest BCUT2D eigenvalue weighted by Gasteiger charge is 2.43. The Balaban J connectivity index is 1.61. The number of hydrogen-bond donors (Lipinski definition) is 3. The van der Waals surface area contributed by atoms with Gasteiger partial charge in [0.25, 0.3) is 5.56 Å². The van der Waals surface area contributed by atoms with Gasteiger partial charge >= 0.3 is 0 Å². The smallest absolute Gasteiger partial charge is 0.254 e. The molecule has 1 fully saturated rings. The maximum Gasteiger partial charge on any atom is 0.254 e. The molecule has 0 amide bonds. The highest BCUT2D eigenvalue weighted by atomic mass is 127. The molecule has 1 heterocycles. The van der Waals surface area contributed by atoms with Crippen molar-refractivity contribution in [1.29, 1.82) is 0 Å². The Hall–Kier alpha value is -2.40. The van der Waals surface area contributed by atoms with E-state index in [4.69, 9.17) is 0 Å². The number of pyridine rings is 1. The Kier molecular flexibility index (Phi) is 6.07. The number of halogens is 2. The number of benzene rings is 2. The summed E-state index contributed by atoms with van der Waals surface area (Å²) in [5.41, 5.74) is 1.87. The molecule has 0 bridgehead atoms. The number of phenols is 1. The minimum atomic E-state index is -1.43. The van der Waals surface area contributed by atoms with E-state index in [1.165, 1.54) is 10.6 Å². The molecular weight excluding hydrogens is 532 g/mol. The SMILES string of the molecule is Cc1cc(NS(=O)C2CC2c2cccc(O)c2)c(Nc2ccc(I)cc2F)n(C)c1=O. The summed E-state index contributed by atoms with van der Waals surface area (Å²) in [5.74, 6) is 0.150. The van der Waals surface area contributed by atoms with Crippen LogP contribution in [-0.2, 0) is 18.0 Å². The number of aromatic hydroxyl groups is 1. The van der Waals surface area contributed by atoms with Crippen molar-refractivity contribution in [1.82, 2.24) is 4.57 Å². The molecule has 9 heteroatoms. The molecule has 1 aliphatic rings. The molecule has 31 heavy (non-hydrogen) atoms. The first-order chi connectivity index (χ1) is 14.7. The molecule has 2 aromatic carbocycles. The first-order valence-corrected chi connectivity index (χ1v) is 11.9. The van der Waals surface area contributed by atoms with Crippen LogP contribution in [0.15, 0.2) is 53.3 Å². The normalized spacial score (nSPS) is 18.5. The number of phenolic OH excluding ortho intramolecular Hbond substituents is 1. The van der Waals surface area contributed by atoms with Gasteiger partial charge < -0.3 is 15.1 Å². The fourth-order valence-corrected chi connectivity index (χ4v) is 5.35. The molecule has 4 rings (SSSR count). The fraction of sp³-hybridized carbons (Fsp3) is 0.227. The van der Waals surface area contributed by atoms with Crippen LogP contribution >= 0.6 is 22.6 Å². The van der Waals surface area contributed by atoms with Crippen LogP contribution in [0.5, 0.6) is 5.75 Å². The number of nitrogens with one attached hydrogen (secondary N) is 2. The Bertz CT molecular complexity index is 1250. The van der Waals surface area contributed by atoms with Gasteiger partial charge in [-0.2, -0.15) is 0 Å². The third-order valence-electron chi connectivity index (χ3n) is 5.29. The van der Waals surface area contributed by atoms with Crippen LogP contribution in [-0.4, -0.2) is 19.1 Å². The zero-order chi connectivity index (χ0) is 22.3. The van der Waals surface area contributed by atoms with Gasteiger partial charge in [-0.15, -0.1) is 0 Å². The van der Waals surface area contributed by atoms with E-state index in [-0.39, 0.29) is 28.2 Å². The lowest BCUT2D eigenvalue weighted by Crippen LogP contribution is -2.24. The van der Waals surface area contributed by atoms with E-state index >= 15 is 0 Å². The average Bonchev–Trinajstić information content (AvgIpc) is 3.52. The maximum absolute atomic E-state index is 14.4. The van der Waals surface area contributed by atoms with Crippen molar-refractivity contribution < 1.29 is 13.7 Å². The molecule has 3 atom stereocenters. The Morgan fingerprint density at radius 2 is 1.97 bits per heavy atom. The Labute approximate surface area is 195 Å². The summed E-state index contributed by atoms with van der Waals surface area (Å²) in [6.45, 7) is 1.68. The standard InChI is InChI=1S/C22H21FIN3O3S/c1-12-8-19(26-31(30)20-11-16(20)13-4-3-5-15(28)9-13)21(27(2)22(12)29)25-18-7-6-14(24)10-17(18)23/h3-10,16,20,25-26,28H,11H2,1-2H3. The third-order valence-corrected chi connectivity index (χ3v) is 7.46. The van der Waals surface area contributed by atoms with Gasteiger partial charge in [0.15, 0.2) is 0 Å². The van der Waals surface area contributed by atoms with Gasteiger partial charge in [0.2, 0.25) is 0 Å². The largest absolute Gasteiger partial charge is 0.508 e. The second-order valence-corrected chi connectivity index (χ2v) is 10.2. The van der Waals surface area contributed by atoms with Crippen molar-refractivity contribution in [3.63, 3.8) is 0 Å². The summed E-state index contributed by atoms with van der Waals surface area (Å²) in [7, 11) is 0.155. The second-order valence-electron chi connectivity index (χ2n) is 7.58. The lowest BCUT2D eigenvalue weighted by Gasteiger charge is -2.18. The monoisotopic (exact) mass is 553 g/mol. The summed E-state index contributed by atoms with van der Waals surface area (Å²) in [5, 5.41) is 12.5. The van der Waals surface area contributed by atoms with Crippen molar-refractivity contribution in [2.24, 2.45) is 7.05 Å². The van der Waals surface area contributed by atoms with Gasteiger partial charge in [-0.25, -0.2) is 8.60 Å². The lowest BCUT2D eigenvalue weighted by molar-refractivity contribution is 0.474. The highest BCUT2D eigenvalue weighted by molar-refractivity contribution is 14.1. The van der Waals surface area contributed by atoms with Crippen LogP contribution < -0.4 is 15.6 Å². The molecule has 0 spiro atoms. The van der Waals surface area contributed by atoms with Crippen LogP contribution in [0.25, 0.3) is 0 Å². The minimum absolute atomic E-state index is 0.0825. The third kappa shape index (κ3) is 4.62. The van der Waals surface area contributed by atoms with E-state index in [0.717, 1.165) is 15.6 Å². The summed E-state index contributed by atoms with van der Waals surface area (Å²) in [6, 6.07) is 13.3. The Morgan fingerprint density at radius 1 is 1.19 bits per heavy atom. The van der Waals surface area contributed by atoms with Crippen molar-refractivity contribution in [2.45, 2.75) is 24.5 Å². The number of anilines is 3. The molecule has 3 aromatic rings. The maximum atomic E-state index is 14.4. The summed E-state index contributed by atoms with van der Waals surface area (Å²) in [6.07, 6.45) is 0.725. The van der Waals surface area contributed by atoms with E-state index in [9.17, 15) is 18.5 Å². The first-order valence-electron chi connectivity index (χ1n) is 9.63. The van der Waals surface area contributed by atoms with E-state index in [2.05, 4.69) is 10.0 Å². The molecule has 1 aromatic heterocycles. The van der Waals surface area contributed by atoms with Crippen LogP contribution in [0.1, 0.15) is 23.5 Å². The van der Waals surface area contributed by atoms with Crippen molar-refractivity contribution >= 4 is 50.8 Å². The lowest BCUT2D eigenvalue weighted by atomic mass is 10.1. The molecule has 6 nitrogen and oxygen atoms in total. The minimum Gasteiger partial charge on any atom is -0.508 e. The molecule has 0 radical (unpaired) electrons. The molecule has 0 saturated heterocycles. The van der Waals surface area contributed by atoms with Gasteiger partial charge in [0, 0.05) is 22.1 Å². The molecule has 1 aliphatic carbocycles. The summed E-state index contributed by atoms with van der Waals surface area (Å²) >= 11 is 2.02. The number of aryl methyl sites for hydroxylation is 1. The van der Waals surface area contributed by atoms with E-state index in [1.54, 1.807) is 50.4 Å². The van der Waals surface area contributed by atoms with Crippen LogP contribution in [0.4, 0.5) is 21.6 Å². The number of nitrogens with zero attached hydrogens (tertiary/aromatic N) is 1. The average molecular weight is 553 g/mol. The number of hydrogen-bond acceptors (Lipinski definition) is 4. The molecule has 0 aliphatic heterocycles. The topological polar surface area (TPSA) is 83.4 Å². The first kappa shape index (κ1) is 21.8. The molecule has 3 unspecified atom stereocenters. The predicted octanol–water partition coefficient (Wildman–Crippen LogP) is 4.52. The number of rotatable bonds is 6. The number of aromatic nitrogens is 1. The molecule has 1 saturated carbocycles. The van der Waals surface area contributed by atoms with Crippen molar-refractivity contribution in [2.75, 3.05) is 10.0 Å². The van der Waals surface area contributed by atoms with E-state index < -0.39 is 16.8 Å². The Morgan fingerprint density at radius 3 is 2.68 bits per heavy atom.